The first-order valence-electron chi connectivity index (χ1n) is 8.69. The lowest BCUT2D eigenvalue weighted by atomic mass is 10.1. The molecule has 22 heavy (non-hydrogen) atoms. The molecule has 0 N–H and O–H groups in total. The molecule has 0 unspecified atom stereocenters. The Morgan fingerprint density at radius 1 is 0.636 bits per heavy atom. The lowest BCUT2D eigenvalue weighted by Gasteiger charge is -2.43. The minimum Gasteiger partial charge on any atom is -0.625 e. The first kappa shape index (κ1) is 17.5. The molecular weight excluding hydrogens is 284 g/mol. The van der Waals surface area contributed by atoms with Crippen LogP contribution in [0.25, 0.3) is 0 Å². The number of hydroxylamine groups is 6. The van der Waals surface area contributed by atoms with Crippen molar-refractivity contribution < 1.29 is 18.9 Å². The molecule has 0 aromatic rings. The second-order valence-electron chi connectivity index (χ2n) is 6.79. The van der Waals surface area contributed by atoms with Gasteiger partial charge in [-0.1, -0.05) is 0 Å². The number of amides is 2. The molecule has 2 saturated heterocycles. The lowest BCUT2D eigenvalue weighted by molar-refractivity contribution is -0.810. The highest BCUT2D eigenvalue weighted by Gasteiger charge is 2.30. The normalized spacial score (nSPS) is 23.9. The third kappa shape index (κ3) is 4.35. The molecule has 6 heteroatoms. The Kier molecular flexibility index (Phi) is 6.09. The van der Waals surface area contributed by atoms with Crippen molar-refractivity contribution in [3.05, 3.63) is 10.4 Å². The summed E-state index contributed by atoms with van der Waals surface area (Å²) < 4.78 is -1.37. The van der Waals surface area contributed by atoms with Crippen molar-refractivity contribution in [2.45, 2.75) is 64.2 Å². The summed E-state index contributed by atoms with van der Waals surface area (Å²) in [6, 6.07) is 0. The van der Waals surface area contributed by atoms with Gasteiger partial charge in [-0.25, -0.2) is 9.59 Å². The van der Waals surface area contributed by atoms with Gasteiger partial charge >= 0.3 is 11.8 Å². The average Bonchev–Trinajstić information content (AvgIpc) is 2.52. The summed E-state index contributed by atoms with van der Waals surface area (Å²) in [5.41, 5.74) is 0. The Morgan fingerprint density at radius 3 is 1.27 bits per heavy atom. The molecule has 0 aromatic heterocycles. The SMILES string of the molecule is O=C(CCCCC(=O)[N+]1([O-])CCCCC1)[N+]1([O-])CCCCC1. The van der Waals surface area contributed by atoms with E-state index in [0.29, 0.717) is 39.0 Å². The number of carbonyl (C=O) groups is 2. The van der Waals surface area contributed by atoms with Crippen LogP contribution in [0.1, 0.15) is 64.2 Å². The van der Waals surface area contributed by atoms with E-state index in [4.69, 9.17) is 0 Å². The van der Waals surface area contributed by atoms with Crippen LogP contribution < -0.4 is 0 Å². The van der Waals surface area contributed by atoms with Gasteiger partial charge in [0.1, 0.15) is 0 Å². The van der Waals surface area contributed by atoms with E-state index in [-0.39, 0.29) is 24.7 Å². The van der Waals surface area contributed by atoms with Crippen molar-refractivity contribution in [2.24, 2.45) is 0 Å². The molecule has 0 saturated carbocycles. The summed E-state index contributed by atoms with van der Waals surface area (Å²) in [6.07, 6.45) is 6.90. The molecule has 6 nitrogen and oxygen atoms in total. The maximum absolute atomic E-state index is 12.3. The van der Waals surface area contributed by atoms with Crippen LogP contribution >= 0.6 is 0 Å². The Bertz CT molecular complexity index is 361. The third-order valence-corrected chi connectivity index (χ3v) is 5.02. The fraction of sp³-hybridized carbons (Fsp3) is 0.875. The van der Waals surface area contributed by atoms with Crippen molar-refractivity contribution in [1.29, 1.82) is 0 Å². The number of piperidine rings is 2. The minimum absolute atomic E-state index is 0.232. The van der Waals surface area contributed by atoms with Crippen molar-refractivity contribution in [3.63, 3.8) is 0 Å². The number of hydrogen-bond donors (Lipinski definition) is 0. The molecule has 0 bridgehead atoms. The van der Waals surface area contributed by atoms with Gasteiger partial charge in [-0.2, -0.15) is 0 Å². The number of hydrogen-bond acceptors (Lipinski definition) is 4. The fourth-order valence-electron chi connectivity index (χ4n) is 3.50. The minimum atomic E-state index is -0.685. The molecule has 0 radical (unpaired) electrons. The molecule has 2 fully saturated rings. The zero-order valence-corrected chi connectivity index (χ0v) is 13.4. The third-order valence-electron chi connectivity index (χ3n) is 5.02. The van der Waals surface area contributed by atoms with Crippen LogP contribution in [0.5, 0.6) is 0 Å². The standard InChI is InChI=1S/C16H28N2O4/c19-15(17(21)11-5-1-6-12-17)9-3-4-10-16(20)18(22)13-7-2-8-14-18/h1-14H2. The van der Waals surface area contributed by atoms with Crippen LogP contribution in [0.4, 0.5) is 0 Å². The zero-order chi connectivity index (χ0) is 16.1. The molecular formula is C16H28N2O4. The van der Waals surface area contributed by atoms with Crippen LogP contribution in [-0.4, -0.2) is 47.3 Å². The summed E-state index contributed by atoms with van der Waals surface area (Å²) in [5.74, 6) is -0.507. The van der Waals surface area contributed by atoms with E-state index in [1.54, 1.807) is 0 Å². The molecule has 126 valence electrons. The molecule has 2 aliphatic heterocycles. The molecule has 2 rings (SSSR count). The van der Waals surface area contributed by atoms with E-state index in [1.165, 1.54) is 0 Å². The first-order valence-corrected chi connectivity index (χ1v) is 8.69. The first-order chi connectivity index (χ1) is 10.5. The van der Waals surface area contributed by atoms with Crippen LogP contribution in [-0.2, 0) is 9.59 Å². The Balaban J connectivity index is 1.68. The van der Waals surface area contributed by atoms with Gasteiger partial charge < -0.3 is 10.4 Å². The van der Waals surface area contributed by atoms with Crippen LogP contribution in [0, 0.1) is 10.4 Å². The highest BCUT2D eigenvalue weighted by atomic mass is 16.6. The number of unbranched alkanes of at least 4 members (excludes halogenated alkanes) is 1. The smallest absolute Gasteiger partial charge is 0.313 e. The summed E-state index contributed by atoms with van der Waals surface area (Å²) in [7, 11) is 0. The monoisotopic (exact) mass is 312 g/mol. The van der Waals surface area contributed by atoms with Gasteiger partial charge in [0.15, 0.2) is 0 Å². The second-order valence-corrected chi connectivity index (χ2v) is 6.79. The van der Waals surface area contributed by atoms with Crippen molar-refractivity contribution in [2.75, 3.05) is 26.2 Å². The summed E-state index contributed by atoms with van der Waals surface area (Å²) in [5, 5.41) is 24.6. The zero-order valence-electron chi connectivity index (χ0n) is 13.4. The number of rotatable bonds is 5. The van der Waals surface area contributed by atoms with Gasteiger partial charge in [0, 0.05) is 0 Å². The van der Waals surface area contributed by atoms with Crippen molar-refractivity contribution in [1.82, 2.24) is 0 Å². The Hall–Kier alpha value is -0.820. The predicted molar refractivity (Wildman–Crippen MR) is 82.9 cm³/mol. The van der Waals surface area contributed by atoms with Gasteiger partial charge in [-0.15, -0.1) is 0 Å². The molecule has 0 atom stereocenters. The lowest BCUT2D eigenvalue weighted by Crippen LogP contribution is -2.51. The van der Waals surface area contributed by atoms with Gasteiger partial charge in [0.25, 0.3) is 0 Å². The van der Waals surface area contributed by atoms with Crippen LogP contribution in [0.2, 0.25) is 0 Å². The highest BCUT2D eigenvalue weighted by Crippen LogP contribution is 2.22. The fourth-order valence-corrected chi connectivity index (χ4v) is 3.50. The van der Waals surface area contributed by atoms with E-state index < -0.39 is 9.29 Å². The molecule has 2 heterocycles. The maximum atomic E-state index is 12.3. The van der Waals surface area contributed by atoms with Crippen molar-refractivity contribution >= 4 is 11.8 Å². The van der Waals surface area contributed by atoms with E-state index >= 15 is 0 Å². The Morgan fingerprint density at radius 2 is 0.955 bits per heavy atom. The number of carbonyl (C=O) groups excluding carboxylic acids is 2. The number of nitrogens with zero attached hydrogens (tertiary/aromatic N) is 2. The largest absolute Gasteiger partial charge is 0.625 e. The van der Waals surface area contributed by atoms with Gasteiger partial charge in [0.2, 0.25) is 0 Å². The van der Waals surface area contributed by atoms with Crippen LogP contribution in [0.3, 0.4) is 0 Å². The van der Waals surface area contributed by atoms with E-state index in [1.807, 2.05) is 0 Å². The van der Waals surface area contributed by atoms with Crippen molar-refractivity contribution in [3.8, 4) is 0 Å². The van der Waals surface area contributed by atoms with E-state index in [2.05, 4.69) is 0 Å². The molecule has 0 aliphatic carbocycles. The van der Waals surface area contributed by atoms with E-state index in [0.717, 1.165) is 38.5 Å². The van der Waals surface area contributed by atoms with Gasteiger partial charge in [0.05, 0.1) is 39.0 Å². The highest BCUT2D eigenvalue weighted by molar-refractivity contribution is 5.70. The topological polar surface area (TPSA) is 80.3 Å². The molecule has 2 amide bonds. The average molecular weight is 312 g/mol. The summed E-state index contributed by atoms with van der Waals surface area (Å²) in [4.78, 5) is 24.1. The Labute approximate surface area is 132 Å². The van der Waals surface area contributed by atoms with Gasteiger partial charge in [-0.05, 0) is 51.4 Å². The molecule has 0 aromatic carbocycles. The quantitative estimate of drug-likeness (QED) is 0.444. The number of quaternary nitrogens is 2. The van der Waals surface area contributed by atoms with Gasteiger partial charge in [-0.3, -0.25) is 9.29 Å². The predicted octanol–water partition coefficient (Wildman–Crippen LogP) is 2.60. The summed E-state index contributed by atoms with van der Waals surface area (Å²) >= 11 is 0. The summed E-state index contributed by atoms with van der Waals surface area (Å²) in [6.45, 7) is 1.60. The molecule has 0 spiro atoms. The van der Waals surface area contributed by atoms with Crippen LogP contribution in [0.15, 0.2) is 0 Å². The van der Waals surface area contributed by atoms with E-state index in [9.17, 15) is 20.0 Å². The number of likely N-dealkylation sites (tertiary alicyclic amines) is 2. The molecule has 2 aliphatic rings. The maximum Gasteiger partial charge on any atom is 0.313 e. The second kappa shape index (κ2) is 7.64.